The van der Waals surface area contributed by atoms with Gasteiger partial charge < -0.3 is 11.1 Å². The smallest absolute Gasteiger partial charge is 0.321 e. The molecule has 0 aliphatic heterocycles. The van der Waals surface area contributed by atoms with Crippen molar-refractivity contribution in [3.05, 3.63) is 29.8 Å². The molecule has 1 aromatic rings. The molecule has 0 saturated heterocycles. The number of hydrogen-bond donors (Lipinski definition) is 3. The van der Waals surface area contributed by atoms with Gasteiger partial charge in [0.05, 0.1) is 0 Å². The van der Waals surface area contributed by atoms with Gasteiger partial charge >= 0.3 is 6.03 Å². The molecular formula is C13H18N4O. The Morgan fingerprint density at radius 2 is 2.00 bits per heavy atom. The third-order valence-corrected chi connectivity index (χ3v) is 3.30. The van der Waals surface area contributed by atoms with Crippen LogP contribution >= 0.6 is 0 Å². The van der Waals surface area contributed by atoms with Crippen molar-refractivity contribution in [1.82, 2.24) is 5.32 Å². The van der Waals surface area contributed by atoms with Crippen molar-refractivity contribution in [2.24, 2.45) is 5.73 Å². The summed E-state index contributed by atoms with van der Waals surface area (Å²) in [5, 5.41) is 10.3. The van der Waals surface area contributed by atoms with Crippen LogP contribution in [0.25, 0.3) is 0 Å². The largest absolute Gasteiger partial charge is 0.384 e. The molecular weight excluding hydrogens is 228 g/mol. The van der Waals surface area contributed by atoms with Crippen LogP contribution in [0.1, 0.15) is 24.8 Å². The van der Waals surface area contributed by atoms with Gasteiger partial charge in [-0.05, 0) is 43.5 Å². The van der Waals surface area contributed by atoms with Crippen LogP contribution < -0.4 is 16.0 Å². The van der Waals surface area contributed by atoms with Gasteiger partial charge in [0, 0.05) is 24.3 Å². The van der Waals surface area contributed by atoms with Gasteiger partial charge in [0.25, 0.3) is 0 Å². The van der Waals surface area contributed by atoms with Gasteiger partial charge in [-0.25, -0.2) is 4.79 Å². The fourth-order valence-corrected chi connectivity index (χ4v) is 1.81. The van der Waals surface area contributed by atoms with Crippen molar-refractivity contribution in [3.63, 3.8) is 0 Å². The first kappa shape index (κ1) is 12.4. The highest BCUT2D eigenvalue weighted by atomic mass is 16.2. The second-order valence-electron chi connectivity index (χ2n) is 4.60. The van der Waals surface area contributed by atoms with Gasteiger partial charge in [-0.1, -0.05) is 0 Å². The number of nitrogens with two attached hydrogens (primary N) is 1. The molecule has 2 rings (SSSR count). The molecule has 0 heterocycles. The first-order chi connectivity index (χ1) is 8.58. The summed E-state index contributed by atoms with van der Waals surface area (Å²) < 4.78 is 0. The van der Waals surface area contributed by atoms with Crippen molar-refractivity contribution in [2.45, 2.75) is 25.3 Å². The van der Waals surface area contributed by atoms with Crippen LogP contribution in [0.3, 0.4) is 0 Å². The maximum atomic E-state index is 11.9. The lowest BCUT2D eigenvalue weighted by Crippen LogP contribution is -2.46. The van der Waals surface area contributed by atoms with Crippen LogP contribution in [0.15, 0.2) is 24.3 Å². The van der Waals surface area contributed by atoms with E-state index in [2.05, 4.69) is 5.32 Å². The molecule has 0 spiro atoms. The van der Waals surface area contributed by atoms with Gasteiger partial charge in [0.15, 0.2) is 0 Å². The van der Waals surface area contributed by atoms with Crippen LogP contribution in [0.4, 0.5) is 10.5 Å². The van der Waals surface area contributed by atoms with E-state index in [0.29, 0.717) is 11.6 Å². The number of carbonyl (C=O) groups is 1. The Balaban J connectivity index is 2.00. The van der Waals surface area contributed by atoms with Gasteiger partial charge in [0.2, 0.25) is 0 Å². The van der Waals surface area contributed by atoms with Gasteiger partial charge in [-0.15, -0.1) is 0 Å². The lowest BCUT2D eigenvalue weighted by Gasteiger charge is -2.29. The Hall–Kier alpha value is -2.04. The molecule has 0 atom stereocenters. The maximum Gasteiger partial charge on any atom is 0.321 e. The minimum atomic E-state index is -0.0877. The van der Waals surface area contributed by atoms with Crippen molar-refractivity contribution >= 4 is 17.6 Å². The predicted molar refractivity (Wildman–Crippen MR) is 72.0 cm³/mol. The number of urea groups is 1. The number of nitrogens with zero attached hydrogens (tertiary/aromatic N) is 1. The molecule has 1 aromatic carbocycles. The van der Waals surface area contributed by atoms with Gasteiger partial charge in [0.1, 0.15) is 5.84 Å². The Labute approximate surface area is 106 Å². The maximum absolute atomic E-state index is 11.9. The van der Waals surface area contributed by atoms with Crippen LogP contribution in [0, 0.1) is 5.41 Å². The van der Waals surface area contributed by atoms with E-state index in [0.717, 1.165) is 18.5 Å². The van der Waals surface area contributed by atoms with E-state index in [1.54, 1.807) is 36.2 Å². The van der Waals surface area contributed by atoms with Crippen LogP contribution in [-0.4, -0.2) is 25.0 Å². The first-order valence-corrected chi connectivity index (χ1v) is 6.06. The van der Waals surface area contributed by atoms with Gasteiger partial charge in [-0.3, -0.25) is 10.3 Å². The van der Waals surface area contributed by atoms with E-state index in [1.165, 1.54) is 6.42 Å². The van der Waals surface area contributed by atoms with Crippen molar-refractivity contribution in [2.75, 3.05) is 11.9 Å². The van der Waals surface area contributed by atoms with E-state index >= 15 is 0 Å². The fourth-order valence-electron chi connectivity index (χ4n) is 1.81. The fraction of sp³-hybridized carbons (Fsp3) is 0.385. The predicted octanol–water partition coefficient (Wildman–Crippen LogP) is 1.67. The zero-order chi connectivity index (χ0) is 13.1. The number of amidine groups is 1. The molecule has 0 unspecified atom stereocenters. The molecule has 0 radical (unpaired) electrons. The molecule has 96 valence electrons. The molecule has 1 fully saturated rings. The minimum absolute atomic E-state index is 0.0307. The molecule has 4 N–H and O–H groups in total. The average molecular weight is 246 g/mol. The monoisotopic (exact) mass is 246 g/mol. The van der Waals surface area contributed by atoms with E-state index in [4.69, 9.17) is 11.1 Å². The van der Waals surface area contributed by atoms with Crippen LogP contribution in [-0.2, 0) is 0 Å². The minimum Gasteiger partial charge on any atom is -0.384 e. The second-order valence-corrected chi connectivity index (χ2v) is 4.60. The number of nitrogens with one attached hydrogen (secondary N) is 2. The average Bonchev–Trinajstić information content (AvgIpc) is 2.32. The number of benzene rings is 1. The normalized spacial score (nSPS) is 14.7. The third kappa shape index (κ3) is 2.61. The number of nitrogen functional groups attached to an aromatic ring is 1. The summed E-state index contributed by atoms with van der Waals surface area (Å²) >= 11 is 0. The summed E-state index contributed by atoms with van der Waals surface area (Å²) in [4.78, 5) is 13.5. The van der Waals surface area contributed by atoms with Crippen molar-refractivity contribution in [3.8, 4) is 0 Å². The molecule has 0 aromatic heterocycles. The van der Waals surface area contributed by atoms with Gasteiger partial charge in [-0.2, -0.15) is 0 Å². The molecule has 0 bridgehead atoms. The Kier molecular flexibility index (Phi) is 3.50. The van der Waals surface area contributed by atoms with E-state index in [-0.39, 0.29) is 11.9 Å². The molecule has 1 saturated carbocycles. The summed E-state index contributed by atoms with van der Waals surface area (Å²) in [7, 11) is 1.73. The van der Waals surface area contributed by atoms with E-state index in [1.807, 2.05) is 0 Å². The molecule has 1 aliphatic rings. The third-order valence-electron chi connectivity index (χ3n) is 3.30. The number of anilines is 1. The highest BCUT2D eigenvalue weighted by molar-refractivity contribution is 5.96. The summed E-state index contributed by atoms with van der Waals surface area (Å²) in [6, 6.07) is 7.30. The Morgan fingerprint density at radius 3 is 2.44 bits per heavy atom. The highest BCUT2D eigenvalue weighted by Crippen LogP contribution is 2.19. The highest BCUT2D eigenvalue weighted by Gasteiger charge is 2.21. The summed E-state index contributed by atoms with van der Waals surface area (Å²) in [5.41, 5.74) is 6.83. The standard InChI is InChI=1S/C13H18N4O/c1-17(13(18)16-10-3-2-4-10)11-7-5-9(6-8-11)12(14)15/h5-8,10H,2-4H2,1H3,(H3,14,15)(H,16,18). The lowest BCUT2D eigenvalue weighted by atomic mass is 9.93. The number of hydrogen-bond acceptors (Lipinski definition) is 2. The van der Waals surface area contributed by atoms with E-state index < -0.39 is 0 Å². The van der Waals surface area contributed by atoms with E-state index in [9.17, 15) is 4.79 Å². The zero-order valence-corrected chi connectivity index (χ0v) is 10.4. The Bertz CT molecular complexity index is 451. The number of amides is 2. The summed E-state index contributed by atoms with van der Waals surface area (Å²) in [6.45, 7) is 0. The number of rotatable bonds is 3. The summed E-state index contributed by atoms with van der Waals surface area (Å²) in [5.74, 6) is 0.0307. The SMILES string of the molecule is CN(C(=O)NC1CCC1)c1ccc(C(=N)N)cc1. The molecule has 1 aliphatic carbocycles. The first-order valence-electron chi connectivity index (χ1n) is 6.06. The number of carbonyl (C=O) groups excluding carboxylic acids is 1. The Morgan fingerprint density at radius 1 is 1.39 bits per heavy atom. The molecule has 5 nitrogen and oxygen atoms in total. The van der Waals surface area contributed by atoms with Crippen molar-refractivity contribution in [1.29, 1.82) is 5.41 Å². The van der Waals surface area contributed by atoms with Crippen LogP contribution in [0.5, 0.6) is 0 Å². The molecule has 2 amide bonds. The lowest BCUT2D eigenvalue weighted by molar-refractivity contribution is 0.235. The molecule has 5 heteroatoms. The summed E-state index contributed by atoms with van der Waals surface area (Å²) in [6.07, 6.45) is 3.34. The molecule has 18 heavy (non-hydrogen) atoms. The second kappa shape index (κ2) is 5.08. The van der Waals surface area contributed by atoms with Crippen LogP contribution in [0.2, 0.25) is 0 Å². The quantitative estimate of drug-likeness (QED) is 0.560. The topological polar surface area (TPSA) is 82.2 Å². The zero-order valence-electron chi connectivity index (χ0n) is 10.4. The van der Waals surface area contributed by atoms with Crippen molar-refractivity contribution < 1.29 is 4.79 Å².